The van der Waals surface area contributed by atoms with E-state index in [0.717, 1.165) is 41.8 Å². The van der Waals surface area contributed by atoms with Crippen LogP contribution in [0, 0.1) is 10.8 Å². The number of ketones is 2. The lowest BCUT2D eigenvalue weighted by Crippen LogP contribution is -2.45. The van der Waals surface area contributed by atoms with Crippen LogP contribution in [0.3, 0.4) is 0 Å². The highest BCUT2D eigenvalue weighted by molar-refractivity contribution is 6.32. The molecule has 46 heavy (non-hydrogen) atoms. The molecule has 0 radical (unpaired) electrons. The zero-order valence-electron chi connectivity index (χ0n) is 27.2. The van der Waals surface area contributed by atoms with Crippen LogP contribution in [0.1, 0.15) is 76.0 Å². The van der Waals surface area contributed by atoms with Crippen LogP contribution in [0.5, 0.6) is 11.5 Å². The van der Waals surface area contributed by atoms with Crippen LogP contribution in [0.25, 0.3) is 0 Å². The molecule has 0 aromatic heterocycles. The van der Waals surface area contributed by atoms with Crippen LogP contribution in [0.2, 0.25) is 10.0 Å². The number of benzene rings is 3. The minimum atomic E-state index is -0.529. The van der Waals surface area contributed by atoms with E-state index < -0.39 is 5.92 Å². The van der Waals surface area contributed by atoms with E-state index in [1.807, 2.05) is 42.5 Å². The van der Waals surface area contributed by atoms with Crippen molar-refractivity contribution >= 4 is 34.8 Å². The number of carbonyl (C=O) groups excluding carboxylic acids is 2. The SMILES string of the molecule is COc1cc(C2C3=C(CC(C)(C)CC3=O)N(CCc3ccccc3)C3=C2C(=O)CC(C)(C)C3)cc(Cl)c1OCc1cccc(Cl)c1. The highest BCUT2D eigenvalue weighted by atomic mass is 35.5. The molecule has 0 spiro atoms. The summed E-state index contributed by atoms with van der Waals surface area (Å²) in [5, 5.41) is 0.984. The predicted molar refractivity (Wildman–Crippen MR) is 183 cm³/mol. The van der Waals surface area contributed by atoms with Crippen molar-refractivity contribution in [3.63, 3.8) is 0 Å². The number of methoxy groups -OCH3 is 1. The third-order valence-electron chi connectivity index (χ3n) is 9.35. The van der Waals surface area contributed by atoms with E-state index in [9.17, 15) is 9.59 Å². The number of allylic oxidation sites excluding steroid dienone is 4. The van der Waals surface area contributed by atoms with Gasteiger partial charge in [-0.05, 0) is 71.0 Å². The summed E-state index contributed by atoms with van der Waals surface area (Å²) in [5.41, 5.74) is 5.96. The van der Waals surface area contributed by atoms with Crippen LogP contribution in [-0.4, -0.2) is 30.1 Å². The monoisotopic (exact) mass is 657 g/mol. The largest absolute Gasteiger partial charge is 0.493 e. The van der Waals surface area contributed by atoms with E-state index in [-0.39, 0.29) is 29.0 Å². The quantitative estimate of drug-likeness (QED) is 0.241. The maximum atomic E-state index is 14.2. The van der Waals surface area contributed by atoms with Crippen LogP contribution in [0.4, 0.5) is 0 Å². The van der Waals surface area contributed by atoms with Crippen molar-refractivity contribution in [2.45, 2.75) is 72.3 Å². The molecule has 0 fully saturated rings. The Labute approximate surface area is 282 Å². The first-order chi connectivity index (χ1) is 21.9. The van der Waals surface area contributed by atoms with Crippen LogP contribution >= 0.6 is 23.2 Å². The van der Waals surface area contributed by atoms with E-state index in [0.29, 0.717) is 52.1 Å². The van der Waals surface area contributed by atoms with Gasteiger partial charge in [0.15, 0.2) is 23.1 Å². The Kier molecular flexibility index (Phi) is 8.86. The van der Waals surface area contributed by atoms with Gasteiger partial charge < -0.3 is 14.4 Å². The highest BCUT2D eigenvalue weighted by Crippen LogP contribution is 2.55. The van der Waals surface area contributed by atoms with Crippen LogP contribution in [-0.2, 0) is 22.6 Å². The average molecular weight is 659 g/mol. The summed E-state index contributed by atoms with van der Waals surface area (Å²) in [6.07, 6.45) is 3.14. The van der Waals surface area contributed by atoms with Crippen molar-refractivity contribution in [3.8, 4) is 11.5 Å². The molecule has 1 aliphatic heterocycles. The third-order valence-corrected chi connectivity index (χ3v) is 9.86. The minimum Gasteiger partial charge on any atom is -0.493 e. The third kappa shape index (κ3) is 6.50. The Morgan fingerprint density at radius 3 is 1.98 bits per heavy atom. The van der Waals surface area contributed by atoms with Gasteiger partial charge in [0.25, 0.3) is 0 Å². The number of Topliss-reactive ketones (excluding diaryl/α,β-unsaturated/α-hetero) is 2. The maximum Gasteiger partial charge on any atom is 0.180 e. The topological polar surface area (TPSA) is 55.8 Å². The molecule has 3 aromatic rings. The molecule has 3 aliphatic rings. The highest BCUT2D eigenvalue weighted by Gasteiger charge is 2.49. The Morgan fingerprint density at radius 2 is 1.39 bits per heavy atom. The van der Waals surface area contributed by atoms with Gasteiger partial charge in [0.05, 0.1) is 12.1 Å². The number of ether oxygens (including phenoxy) is 2. The number of hydrogen-bond acceptors (Lipinski definition) is 5. The molecule has 3 aromatic carbocycles. The number of rotatable bonds is 8. The smallest absolute Gasteiger partial charge is 0.180 e. The van der Waals surface area contributed by atoms with E-state index in [1.54, 1.807) is 7.11 Å². The van der Waals surface area contributed by atoms with Crippen molar-refractivity contribution < 1.29 is 19.1 Å². The second-order valence-electron chi connectivity index (χ2n) is 14.4. The average Bonchev–Trinajstić information content (AvgIpc) is 2.98. The molecule has 0 atom stereocenters. The molecule has 0 saturated heterocycles. The maximum absolute atomic E-state index is 14.2. The molecule has 240 valence electrons. The summed E-state index contributed by atoms with van der Waals surface area (Å²) in [6.45, 7) is 9.58. The van der Waals surface area contributed by atoms with Gasteiger partial charge in [-0.1, -0.05) is 93.4 Å². The molecular weight excluding hydrogens is 617 g/mol. The van der Waals surface area contributed by atoms with Gasteiger partial charge in [-0.15, -0.1) is 0 Å². The van der Waals surface area contributed by atoms with E-state index in [2.05, 4.69) is 56.9 Å². The first-order valence-corrected chi connectivity index (χ1v) is 16.7. The van der Waals surface area contributed by atoms with E-state index in [1.165, 1.54) is 5.56 Å². The lowest BCUT2D eigenvalue weighted by Gasteiger charge is -2.49. The Hall–Kier alpha value is -3.54. The Bertz CT molecular complexity index is 1700. The van der Waals surface area contributed by atoms with Gasteiger partial charge in [-0.3, -0.25) is 9.59 Å². The molecule has 0 saturated carbocycles. The Balaban J connectivity index is 1.47. The molecule has 7 heteroatoms. The van der Waals surface area contributed by atoms with Gasteiger partial charge >= 0.3 is 0 Å². The molecule has 0 N–H and O–H groups in total. The lowest BCUT2D eigenvalue weighted by atomic mass is 9.63. The molecule has 5 nitrogen and oxygen atoms in total. The summed E-state index contributed by atoms with van der Waals surface area (Å²) in [5.74, 6) is 0.498. The van der Waals surface area contributed by atoms with Crippen molar-refractivity contribution in [3.05, 3.63) is 116 Å². The molecule has 6 rings (SSSR count). The fraction of sp³-hybridized carbons (Fsp3) is 0.385. The van der Waals surface area contributed by atoms with Crippen LogP contribution < -0.4 is 9.47 Å². The molecule has 0 bridgehead atoms. The first kappa shape index (κ1) is 32.4. The van der Waals surface area contributed by atoms with Crippen molar-refractivity contribution in [2.75, 3.05) is 13.7 Å². The zero-order valence-corrected chi connectivity index (χ0v) is 28.7. The number of nitrogens with zero attached hydrogens (tertiary/aromatic N) is 1. The zero-order chi connectivity index (χ0) is 32.8. The molecule has 0 unspecified atom stereocenters. The fourth-order valence-electron chi connectivity index (χ4n) is 7.37. The standard InChI is InChI=1S/C39H41Cl2NO4/c1-38(2)19-29-35(31(43)21-38)34(26-17-28(41)37(33(18-26)45-5)46-23-25-12-9-13-27(40)16-25)36-30(20-39(3,4)22-32(36)44)42(29)15-14-24-10-7-6-8-11-24/h6-13,16-18,34H,14-15,19-23H2,1-5H3. The summed E-state index contributed by atoms with van der Waals surface area (Å²) in [6, 6.07) is 21.6. The Morgan fingerprint density at radius 1 is 0.783 bits per heavy atom. The summed E-state index contributed by atoms with van der Waals surface area (Å²) in [7, 11) is 1.58. The van der Waals surface area contributed by atoms with E-state index >= 15 is 0 Å². The summed E-state index contributed by atoms with van der Waals surface area (Å²) < 4.78 is 12.0. The van der Waals surface area contributed by atoms with Crippen molar-refractivity contribution in [2.24, 2.45) is 10.8 Å². The van der Waals surface area contributed by atoms with Gasteiger partial charge in [-0.25, -0.2) is 0 Å². The predicted octanol–water partition coefficient (Wildman–Crippen LogP) is 9.51. The molecular formula is C39H41Cl2NO4. The normalized spacial score (nSPS) is 19.2. The van der Waals surface area contributed by atoms with Gasteiger partial charge in [-0.2, -0.15) is 0 Å². The summed E-state index contributed by atoms with van der Waals surface area (Å²) in [4.78, 5) is 30.8. The second kappa shape index (κ2) is 12.6. The van der Waals surface area contributed by atoms with Gasteiger partial charge in [0.1, 0.15) is 6.61 Å². The van der Waals surface area contributed by atoms with Crippen LogP contribution in [0.15, 0.2) is 89.3 Å². The van der Waals surface area contributed by atoms with E-state index in [4.69, 9.17) is 32.7 Å². The number of carbonyl (C=O) groups is 2. The lowest BCUT2D eigenvalue weighted by molar-refractivity contribution is -0.119. The molecule has 1 heterocycles. The number of halogens is 2. The fourth-order valence-corrected chi connectivity index (χ4v) is 7.85. The van der Waals surface area contributed by atoms with Gasteiger partial charge in [0.2, 0.25) is 0 Å². The summed E-state index contributed by atoms with van der Waals surface area (Å²) >= 11 is 13.1. The van der Waals surface area contributed by atoms with Gasteiger partial charge in [0, 0.05) is 52.9 Å². The first-order valence-electron chi connectivity index (χ1n) is 15.9. The van der Waals surface area contributed by atoms with Crippen molar-refractivity contribution in [1.82, 2.24) is 4.90 Å². The molecule has 2 aliphatic carbocycles. The second-order valence-corrected chi connectivity index (χ2v) is 15.2. The van der Waals surface area contributed by atoms with Crippen molar-refractivity contribution in [1.29, 1.82) is 0 Å². The minimum absolute atomic E-state index is 0.0847. The molecule has 0 amide bonds. The number of hydrogen-bond donors (Lipinski definition) is 0.